The molecule has 1 heterocycles. The van der Waals surface area contributed by atoms with Crippen molar-refractivity contribution in [3.63, 3.8) is 0 Å². The van der Waals surface area contributed by atoms with E-state index in [4.69, 9.17) is 0 Å². The average Bonchev–Trinajstić information content (AvgIpc) is 2.71. The Morgan fingerprint density at radius 2 is 1.79 bits per heavy atom. The Bertz CT molecular complexity index is 925. The van der Waals surface area contributed by atoms with Crippen molar-refractivity contribution in [1.82, 2.24) is 15.3 Å². The molecule has 144 valence electrons. The second-order valence-electron chi connectivity index (χ2n) is 7.12. The summed E-state index contributed by atoms with van der Waals surface area (Å²) in [7, 11) is 0. The fourth-order valence-electron chi connectivity index (χ4n) is 2.97. The Kier molecular flexibility index (Phi) is 6.37. The monoisotopic (exact) mass is 374 g/mol. The van der Waals surface area contributed by atoms with Crippen LogP contribution in [-0.4, -0.2) is 21.9 Å². The molecule has 0 bridgehead atoms. The van der Waals surface area contributed by atoms with Gasteiger partial charge in [-0.3, -0.25) is 4.79 Å². The van der Waals surface area contributed by atoms with Gasteiger partial charge in [0.15, 0.2) is 0 Å². The highest BCUT2D eigenvalue weighted by molar-refractivity contribution is 5.92. The van der Waals surface area contributed by atoms with Crippen LogP contribution in [0.3, 0.4) is 0 Å². The van der Waals surface area contributed by atoms with E-state index in [1.165, 1.54) is 11.1 Å². The maximum absolute atomic E-state index is 12.6. The summed E-state index contributed by atoms with van der Waals surface area (Å²) in [5.41, 5.74) is 3.78. The van der Waals surface area contributed by atoms with Crippen LogP contribution in [-0.2, 0) is 13.1 Å². The Hall–Kier alpha value is -3.21. The summed E-state index contributed by atoms with van der Waals surface area (Å²) in [6.07, 6.45) is 1.64. The van der Waals surface area contributed by atoms with Crippen LogP contribution in [0, 0.1) is 6.92 Å². The van der Waals surface area contributed by atoms with E-state index in [2.05, 4.69) is 52.2 Å². The summed E-state index contributed by atoms with van der Waals surface area (Å²) in [5, 5.41) is 2.94. The van der Waals surface area contributed by atoms with E-state index in [1.807, 2.05) is 43.3 Å². The van der Waals surface area contributed by atoms with Crippen LogP contribution in [0.15, 0.2) is 66.9 Å². The van der Waals surface area contributed by atoms with Gasteiger partial charge in [-0.05, 0) is 38.0 Å². The van der Waals surface area contributed by atoms with E-state index < -0.39 is 0 Å². The van der Waals surface area contributed by atoms with Gasteiger partial charge < -0.3 is 10.2 Å². The normalized spacial score (nSPS) is 10.7. The van der Waals surface area contributed by atoms with Gasteiger partial charge in [-0.15, -0.1) is 0 Å². The second kappa shape index (κ2) is 9.13. The van der Waals surface area contributed by atoms with Gasteiger partial charge in [-0.25, -0.2) is 9.97 Å². The Labute approximate surface area is 166 Å². The number of anilines is 1. The van der Waals surface area contributed by atoms with Crippen LogP contribution >= 0.6 is 0 Å². The van der Waals surface area contributed by atoms with Crippen LogP contribution < -0.4 is 10.2 Å². The first-order valence-electron chi connectivity index (χ1n) is 9.50. The van der Waals surface area contributed by atoms with E-state index in [9.17, 15) is 4.79 Å². The van der Waals surface area contributed by atoms with E-state index >= 15 is 0 Å². The molecule has 0 fully saturated rings. The molecule has 0 radical (unpaired) electrons. The van der Waals surface area contributed by atoms with Gasteiger partial charge in [0.05, 0.1) is 0 Å². The van der Waals surface area contributed by atoms with Gasteiger partial charge in [-0.2, -0.15) is 0 Å². The zero-order chi connectivity index (χ0) is 19.9. The number of hydrogen-bond acceptors (Lipinski definition) is 4. The summed E-state index contributed by atoms with van der Waals surface area (Å²) in [6.45, 7) is 7.38. The van der Waals surface area contributed by atoms with Gasteiger partial charge in [0, 0.05) is 25.3 Å². The number of carbonyl (C=O) groups excluding carboxylic acids is 1. The minimum Gasteiger partial charge on any atom is -0.347 e. The Morgan fingerprint density at radius 1 is 1.04 bits per heavy atom. The molecule has 3 rings (SSSR count). The van der Waals surface area contributed by atoms with Gasteiger partial charge in [0.25, 0.3) is 5.91 Å². The summed E-state index contributed by atoms with van der Waals surface area (Å²) in [6, 6.07) is 20.1. The molecule has 2 aromatic carbocycles. The maximum atomic E-state index is 12.6. The highest BCUT2D eigenvalue weighted by Crippen LogP contribution is 2.16. The predicted octanol–water partition coefficient (Wildman–Crippen LogP) is 4.13. The average molecular weight is 374 g/mol. The second-order valence-corrected chi connectivity index (χ2v) is 7.12. The van der Waals surface area contributed by atoms with Crippen molar-refractivity contribution in [3.8, 4) is 0 Å². The third kappa shape index (κ3) is 5.16. The third-order valence-electron chi connectivity index (χ3n) is 4.49. The molecule has 1 amide bonds. The first-order valence-corrected chi connectivity index (χ1v) is 9.50. The molecule has 28 heavy (non-hydrogen) atoms. The number of hydrogen-bond donors (Lipinski definition) is 1. The van der Waals surface area contributed by atoms with Gasteiger partial charge in [0.1, 0.15) is 5.69 Å². The smallest absolute Gasteiger partial charge is 0.270 e. The van der Waals surface area contributed by atoms with E-state index in [0.717, 1.165) is 5.56 Å². The molecule has 5 nitrogen and oxygen atoms in total. The molecule has 1 aromatic heterocycles. The number of nitrogens with one attached hydrogen (secondary N) is 1. The van der Waals surface area contributed by atoms with Crippen LogP contribution in [0.4, 0.5) is 5.95 Å². The lowest BCUT2D eigenvalue weighted by Crippen LogP contribution is -2.32. The highest BCUT2D eigenvalue weighted by atomic mass is 16.1. The lowest BCUT2D eigenvalue weighted by atomic mass is 10.1. The van der Waals surface area contributed by atoms with Crippen molar-refractivity contribution in [2.75, 3.05) is 4.90 Å². The first-order chi connectivity index (χ1) is 13.5. The SMILES string of the molecule is Cc1cccc(CNC(=O)c2ccnc(N(Cc3ccccc3)C(C)C)n2)c1. The molecule has 0 aliphatic rings. The van der Waals surface area contributed by atoms with Crippen molar-refractivity contribution in [1.29, 1.82) is 0 Å². The van der Waals surface area contributed by atoms with Gasteiger partial charge in [0.2, 0.25) is 5.95 Å². The summed E-state index contributed by atoms with van der Waals surface area (Å²) in [5.74, 6) is 0.357. The van der Waals surface area contributed by atoms with Crippen LogP contribution in [0.1, 0.15) is 41.0 Å². The van der Waals surface area contributed by atoms with Gasteiger partial charge in [-0.1, -0.05) is 60.2 Å². The molecule has 3 aromatic rings. The number of aryl methyl sites for hydroxylation is 1. The molecular weight excluding hydrogens is 348 g/mol. The zero-order valence-corrected chi connectivity index (χ0v) is 16.6. The lowest BCUT2D eigenvalue weighted by molar-refractivity contribution is 0.0945. The summed E-state index contributed by atoms with van der Waals surface area (Å²) < 4.78 is 0. The molecule has 0 atom stereocenters. The molecule has 0 aliphatic heterocycles. The van der Waals surface area contributed by atoms with Crippen LogP contribution in [0.25, 0.3) is 0 Å². The fourth-order valence-corrected chi connectivity index (χ4v) is 2.97. The van der Waals surface area contributed by atoms with Crippen LogP contribution in [0.5, 0.6) is 0 Å². The van der Waals surface area contributed by atoms with Crippen molar-refractivity contribution < 1.29 is 4.79 Å². The molecule has 0 aliphatic carbocycles. The minimum atomic E-state index is -0.200. The Morgan fingerprint density at radius 3 is 2.50 bits per heavy atom. The summed E-state index contributed by atoms with van der Waals surface area (Å²) >= 11 is 0. The standard InChI is InChI=1S/C23H26N4O/c1-17(2)27(16-19-9-5-4-6-10-19)23-24-13-12-21(26-23)22(28)25-15-20-11-7-8-18(3)14-20/h4-14,17H,15-16H2,1-3H3,(H,25,28). The maximum Gasteiger partial charge on any atom is 0.270 e. The molecule has 0 saturated carbocycles. The van der Waals surface area contributed by atoms with E-state index in [0.29, 0.717) is 24.7 Å². The number of benzene rings is 2. The number of nitrogens with zero attached hydrogens (tertiary/aromatic N) is 3. The van der Waals surface area contributed by atoms with E-state index in [1.54, 1.807) is 12.3 Å². The number of rotatable bonds is 7. The molecule has 5 heteroatoms. The predicted molar refractivity (Wildman–Crippen MR) is 112 cm³/mol. The number of amides is 1. The molecule has 0 saturated heterocycles. The van der Waals surface area contributed by atoms with Crippen LogP contribution in [0.2, 0.25) is 0 Å². The minimum absolute atomic E-state index is 0.200. The topological polar surface area (TPSA) is 58.1 Å². The van der Waals surface area contributed by atoms with Crippen molar-refractivity contribution in [2.24, 2.45) is 0 Å². The van der Waals surface area contributed by atoms with Crippen molar-refractivity contribution in [3.05, 3.63) is 89.2 Å². The van der Waals surface area contributed by atoms with Crippen molar-refractivity contribution in [2.45, 2.75) is 39.9 Å². The highest BCUT2D eigenvalue weighted by Gasteiger charge is 2.16. The Balaban J connectivity index is 1.73. The molecule has 1 N–H and O–H groups in total. The molecule has 0 spiro atoms. The van der Waals surface area contributed by atoms with Gasteiger partial charge >= 0.3 is 0 Å². The largest absolute Gasteiger partial charge is 0.347 e. The first kappa shape index (κ1) is 19.5. The molecule has 0 unspecified atom stereocenters. The molecular formula is C23H26N4O. The lowest BCUT2D eigenvalue weighted by Gasteiger charge is -2.27. The van der Waals surface area contributed by atoms with Crippen molar-refractivity contribution >= 4 is 11.9 Å². The quantitative estimate of drug-likeness (QED) is 0.676. The number of carbonyl (C=O) groups is 1. The van der Waals surface area contributed by atoms with E-state index in [-0.39, 0.29) is 11.9 Å². The zero-order valence-electron chi connectivity index (χ0n) is 16.6. The third-order valence-corrected chi connectivity index (χ3v) is 4.49. The fraction of sp³-hybridized carbons (Fsp3) is 0.261. The number of aromatic nitrogens is 2. The summed E-state index contributed by atoms with van der Waals surface area (Å²) in [4.78, 5) is 23.6.